The van der Waals surface area contributed by atoms with Gasteiger partial charge in [0.1, 0.15) is 11.6 Å². The van der Waals surface area contributed by atoms with E-state index in [0.29, 0.717) is 59.4 Å². The minimum atomic E-state index is -3.75. The van der Waals surface area contributed by atoms with Crippen LogP contribution in [0.2, 0.25) is 0 Å². The molecule has 3 aromatic rings. The predicted octanol–water partition coefficient (Wildman–Crippen LogP) is 4.33. The average molecular weight is 620 g/mol. The first kappa shape index (κ1) is 29.4. The number of halogens is 3. The average Bonchev–Trinajstić information content (AvgIpc) is 3.09. The molecule has 0 spiro atoms. The third-order valence-corrected chi connectivity index (χ3v) is 8.35. The number of benzene rings is 2. The number of phenols is 1. The van der Waals surface area contributed by atoms with Gasteiger partial charge in [-0.2, -0.15) is 0 Å². The number of aromatic nitrogens is 1. The molecule has 1 N–H and O–H groups in total. The number of sulfone groups is 1. The molecular weight excluding hydrogens is 591 g/mol. The Morgan fingerprint density at radius 2 is 1.84 bits per heavy atom. The van der Waals surface area contributed by atoms with Gasteiger partial charge in [0.05, 0.1) is 46.9 Å². The lowest BCUT2D eigenvalue weighted by Gasteiger charge is -2.27. The number of carbonyl (C=O) groups excluding carboxylic acids is 1. The van der Waals surface area contributed by atoms with Crippen LogP contribution in [0.4, 0.5) is 4.39 Å². The van der Waals surface area contributed by atoms with Gasteiger partial charge in [0.25, 0.3) is 0 Å². The fraction of sp³-hybridized carbons (Fsp3) is 0.400. The number of esters is 1. The number of aryl methyl sites for hydroxylation is 1. The zero-order chi connectivity index (χ0) is 26.0. The van der Waals surface area contributed by atoms with Gasteiger partial charge in [-0.05, 0) is 46.6 Å². The summed E-state index contributed by atoms with van der Waals surface area (Å²) < 4.78 is 52.6. The maximum atomic E-state index is 13.3. The lowest BCUT2D eigenvalue weighted by Crippen LogP contribution is -2.35. The maximum Gasteiger partial charge on any atom is 0.340 e. The lowest BCUT2D eigenvalue weighted by atomic mass is 10.0. The first-order chi connectivity index (χ1) is 17.1. The van der Waals surface area contributed by atoms with Gasteiger partial charge >= 0.3 is 5.97 Å². The Bertz CT molecular complexity index is 1390. The molecule has 0 atom stereocenters. The monoisotopic (exact) mass is 618 g/mol. The Labute approximate surface area is 229 Å². The maximum absolute atomic E-state index is 13.3. The number of morpholine rings is 1. The molecule has 202 valence electrons. The molecule has 2 aromatic carbocycles. The molecular formula is C25H29BrClFN2O6S. The lowest BCUT2D eigenvalue weighted by molar-refractivity contribution is 0.0340. The van der Waals surface area contributed by atoms with Crippen molar-refractivity contribution in [2.75, 3.05) is 32.9 Å². The highest BCUT2D eigenvalue weighted by atomic mass is 79.9. The number of rotatable bonds is 8. The topological polar surface area (TPSA) is 98.1 Å². The van der Waals surface area contributed by atoms with Gasteiger partial charge in [-0.3, -0.25) is 4.90 Å². The van der Waals surface area contributed by atoms with Crippen molar-refractivity contribution in [3.05, 3.63) is 63.0 Å². The van der Waals surface area contributed by atoms with Crippen molar-refractivity contribution in [1.29, 1.82) is 0 Å². The van der Waals surface area contributed by atoms with Crippen molar-refractivity contribution in [3.8, 4) is 5.75 Å². The smallest absolute Gasteiger partial charge is 0.340 e. The zero-order valence-electron chi connectivity index (χ0n) is 20.5. The van der Waals surface area contributed by atoms with Crippen LogP contribution in [0.15, 0.2) is 34.8 Å². The number of carbonyl (C=O) groups is 1. The van der Waals surface area contributed by atoms with Crippen molar-refractivity contribution < 1.29 is 32.2 Å². The van der Waals surface area contributed by atoms with Crippen LogP contribution in [0.25, 0.3) is 10.9 Å². The van der Waals surface area contributed by atoms with E-state index in [1.54, 1.807) is 24.6 Å². The molecule has 4 rings (SSSR count). The van der Waals surface area contributed by atoms with E-state index < -0.39 is 27.4 Å². The number of fused-ring (bicyclic) bond motifs is 1. The second-order valence-electron chi connectivity index (χ2n) is 8.73. The minimum Gasteiger partial charge on any atom is -0.506 e. The van der Waals surface area contributed by atoms with Gasteiger partial charge in [-0.25, -0.2) is 17.6 Å². The number of aromatic hydroxyl groups is 1. The molecule has 0 amide bonds. The third kappa shape index (κ3) is 6.46. The Kier molecular flexibility index (Phi) is 9.62. The summed E-state index contributed by atoms with van der Waals surface area (Å²) in [5.74, 6) is -1.86. The molecule has 1 aliphatic heterocycles. The third-order valence-electron chi connectivity index (χ3n) is 6.26. The van der Waals surface area contributed by atoms with Gasteiger partial charge in [0.15, 0.2) is 9.84 Å². The highest BCUT2D eigenvalue weighted by molar-refractivity contribution is 9.10. The SMILES string of the molecule is CCOC(=O)c1c(CS(=O)(=O)Cc2ccc(F)cc2)n(C)c2cc(Br)c(O)c(CN3CCOCC3)c12.Cl. The second kappa shape index (κ2) is 12.1. The van der Waals surface area contributed by atoms with Crippen LogP contribution in [0.3, 0.4) is 0 Å². The molecule has 2 heterocycles. The number of hydrogen-bond donors (Lipinski definition) is 1. The number of phenolic OH excluding ortho intramolecular Hbond substituents is 1. The molecule has 1 aromatic heterocycles. The molecule has 0 bridgehead atoms. The summed E-state index contributed by atoms with van der Waals surface area (Å²) in [4.78, 5) is 15.3. The minimum absolute atomic E-state index is 0. The van der Waals surface area contributed by atoms with E-state index in [4.69, 9.17) is 9.47 Å². The van der Waals surface area contributed by atoms with Crippen LogP contribution in [0.5, 0.6) is 5.75 Å². The highest BCUT2D eigenvalue weighted by Gasteiger charge is 2.30. The summed E-state index contributed by atoms with van der Waals surface area (Å²) in [6.07, 6.45) is 0. The summed E-state index contributed by atoms with van der Waals surface area (Å²) in [6, 6.07) is 6.95. The van der Waals surface area contributed by atoms with E-state index in [1.165, 1.54) is 24.3 Å². The molecule has 37 heavy (non-hydrogen) atoms. The normalized spacial score (nSPS) is 14.5. The summed E-state index contributed by atoms with van der Waals surface area (Å²) in [7, 11) is -2.06. The van der Waals surface area contributed by atoms with Crippen LogP contribution in [-0.4, -0.2) is 61.9 Å². The standard InChI is InChI=1S/C25H28BrFN2O6S.ClH/c1-3-35-25(31)23-21(15-36(32,33)14-16-4-6-17(27)7-5-16)28(2)20-12-19(26)24(30)18(22(20)23)13-29-8-10-34-11-9-29;/h4-7,12,30H,3,8-11,13-15H2,1-2H3;1H. The van der Waals surface area contributed by atoms with E-state index in [9.17, 15) is 22.7 Å². The van der Waals surface area contributed by atoms with Crippen molar-refractivity contribution in [3.63, 3.8) is 0 Å². The summed E-state index contributed by atoms with van der Waals surface area (Å²) in [5, 5.41) is 11.5. The van der Waals surface area contributed by atoms with E-state index in [1.807, 2.05) is 0 Å². The van der Waals surface area contributed by atoms with E-state index in [2.05, 4.69) is 20.8 Å². The van der Waals surface area contributed by atoms with Crippen molar-refractivity contribution >= 4 is 55.0 Å². The fourth-order valence-electron chi connectivity index (χ4n) is 4.50. The van der Waals surface area contributed by atoms with Crippen molar-refractivity contribution in [2.45, 2.75) is 25.0 Å². The van der Waals surface area contributed by atoms with Gasteiger partial charge in [0.2, 0.25) is 0 Å². The van der Waals surface area contributed by atoms with Gasteiger partial charge in [-0.15, -0.1) is 12.4 Å². The van der Waals surface area contributed by atoms with Crippen molar-refractivity contribution in [2.24, 2.45) is 7.05 Å². The summed E-state index contributed by atoms with van der Waals surface area (Å²) in [5.41, 5.74) is 1.95. The predicted molar refractivity (Wildman–Crippen MR) is 144 cm³/mol. The summed E-state index contributed by atoms with van der Waals surface area (Å²) >= 11 is 3.41. The number of hydrogen-bond acceptors (Lipinski definition) is 7. The summed E-state index contributed by atoms with van der Waals surface area (Å²) in [6.45, 7) is 4.58. The molecule has 12 heteroatoms. The number of ether oxygens (including phenoxy) is 2. The molecule has 1 fully saturated rings. The molecule has 8 nitrogen and oxygen atoms in total. The van der Waals surface area contributed by atoms with E-state index in [0.717, 1.165) is 0 Å². The van der Waals surface area contributed by atoms with Crippen LogP contribution in [-0.2, 0) is 44.4 Å². The van der Waals surface area contributed by atoms with Crippen LogP contribution in [0.1, 0.15) is 34.1 Å². The van der Waals surface area contributed by atoms with E-state index in [-0.39, 0.29) is 41.8 Å². The first-order valence-electron chi connectivity index (χ1n) is 11.5. The first-order valence-corrected chi connectivity index (χ1v) is 14.2. The van der Waals surface area contributed by atoms with Gasteiger partial charge < -0.3 is 19.1 Å². The van der Waals surface area contributed by atoms with Crippen molar-refractivity contribution in [1.82, 2.24) is 9.47 Å². The Hall–Kier alpha value is -2.18. The largest absolute Gasteiger partial charge is 0.506 e. The zero-order valence-corrected chi connectivity index (χ0v) is 23.7. The number of nitrogens with zero attached hydrogens (tertiary/aromatic N) is 2. The second-order valence-corrected chi connectivity index (χ2v) is 11.6. The Balaban J connectivity index is 0.00000380. The van der Waals surface area contributed by atoms with Gasteiger partial charge in [-0.1, -0.05) is 12.1 Å². The molecule has 1 saturated heterocycles. The molecule has 1 aliphatic rings. The van der Waals surface area contributed by atoms with E-state index >= 15 is 0 Å². The molecule has 0 radical (unpaired) electrons. The highest BCUT2D eigenvalue weighted by Crippen LogP contribution is 2.40. The van der Waals surface area contributed by atoms with Crippen LogP contribution in [0, 0.1) is 5.82 Å². The van der Waals surface area contributed by atoms with Crippen LogP contribution < -0.4 is 0 Å². The van der Waals surface area contributed by atoms with Gasteiger partial charge in [0, 0.05) is 43.3 Å². The molecule has 0 aliphatic carbocycles. The molecule has 0 unspecified atom stereocenters. The Morgan fingerprint density at radius 1 is 1.19 bits per heavy atom. The van der Waals surface area contributed by atoms with Crippen LogP contribution >= 0.6 is 28.3 Å². The molecule has 0 saturated carbocycles. The fourth-order valence-corrected chi connectivity index (χ4v) is 6.51. The Morgan fingerprint density at radius 3 is 2.46 bits per heavy atom. The quantitative estimate of drug-likeness (QED) is 0.375.